The fourth-order valence-electron chi connectivity index (χ4n) is 2.33. The lowest BCUT2D eigenvalue weighted by Crippen LogP contribution is -2.43. The van der Waals surface area contributed by atoms with Gasteiger partial charge in [0, 0.05) is 0 Å². The molecule has 1 aromatic carbocycles. The van der Waals surface area contributed by atoms with Gasteiger partial charge < -0.3 is 13.9 Å². The van der Waals surface area contributed by atoms with Crippen LogP contribution in [0.2, 0.25) is 0 Å². The number of hydrogen-bond donors (Lipinski definition) is 2. The van der Waals surface area contributed by atoms with Gasteiger partial charge in [-0.2, -0.15) is 0 Å². The maximum Gasteiger partial charge on any atom is 0.276 e. The molecule has 138 valence electrons. The number of nitrogens with one attached hydrogen (secondary N) is 2. The maximum atomic E-state index is 12.0. The van der Waals surface area contributed by atoms with Crippen LogP contribution in [0.15, 0.2) is 34.8 Å². The zero-order valence-electron chi connectivity index (χ0n) is 15.2. The molecule has 7 heteroatoms. The van der Waals surface area contributed by atoms with Gasteiger partial charge in [-0.3, -0.25) is 20.4 Å². The van der Waals surface area contributed by atoms with Crippen molar-refractivity contribution < 1.29 is 23.5 Å². The van der Waals surface area contributed by atoms with Crippen molar-refractivity contribution in [1.29, 1.82) is 0 Å². The highest BCUT2D eigenvalue weighted by atomic mass is 16.5. The van der Waals surface area contributed by atoms with Gasteiger partial charge in [-0.25, -0.2) is 0 Å². The Morgan fingerprint density at radius 2 is 1.92 bits per heavy atom. The third kappa shape index (κ3) is 4.89. The molecule has 0 radical (unpaired) electrons. The van der Waals surface area contributed by atoms with E-state index in [9.17, 15) is 9.59 Å². The van der Waals surface area contributed by atoms with E-state index in [1.807, 2.05) is 25.1 Å². The first kappa shape index (κ1) is 19.1. The predicted molar refractivity (Wildman–Crippen MR) is 97.0 cm³/mol. The van der Waals surface area contributed by atoms with E-state index < -0.39 is 11.8 Å². The summed E-state index contributed by atoms with van der Waals surface area (Å²) in [5, 5.41) is 0. The van der Waals surface area contributed by atoms with Gasteiger partial charge in [-0.1, -0.05) is 18.2 Å². The molecule has 0 spiro atoms. The molecule has 1 heterocycles. The van der Waals surface area contributed by atoms with E-state index in [-0.39, 0.29) is 6.61 Å². The van der Waals surface area contributed by atoms with Crippen molar-refractivity contribution in [3.63, 3.8) is 0 Å². The predicted octanol–water partition coefficient (Wildman–Crippen LogP) is 2.78. The summed E-state index contributed by atoms with van der Waals surface area (Å²) in [6, 6.07) is 6.97. The van der Waals surface area contributed by atoms with Gasteiger partial charge >= 0.3 is 0 Å². The number of furan rings is 1. The van der Waals surface area contributed by atoms with Gasteiger partial charge in [0.15, 0.2) is 18.1 Å². The molecule has 0 aliphatic rings. The second kappa shape index (κ2) is 8.75. The lowest BCUT2D eigenvalue weighted by atomic mass is 10.2. The Morgan fingerprint density at radius 3 is 2.54 bits per heavy atom. The van der Waals surface area contributed by atoms with E-state index in [0.717, 1.165) is 5.56 Å². The van der Waals surface area contributed by atoms with E-state index in [1.165, 1.54) is 7.11 Å². The molecule has 1 aromatic heterocycles. The van der Waals surface area contributed by atoms with Crippen molar-refractivity contribution >= 4 is 17.9 Å². The summed E-state index contributed by atoms with van der Waals surface area (Å²) in [4.78, 5) is 23.9. The second-order valence-electron chi connectivity index (χ2n) is 5.53. The van der Waals surface area contributed by atoms with Crippen molar-refractivity contribution in [2.45, 2.75) is 20.8 Å². The number of carbonyl (C=O) groups excluding carboxylic acids is 2. The van der Waals surface area contributed by atoms with Gasteiger partial charge in [-0.15, -0.1) is 0 Å². The minimum absolute atomic E-state index is 0.275. The molecular formula is C19H22N2O5. The molecule has 2 N–H and O–H groups in total. The van der Waals surface area contributed by atoms with Crippen LogP contribution in [0.3, 0.4) is 0 Å². The molecule has 0 bridgehead atoms. The third-order valence-corrected chi connectivity index (χ3v) is 3.51. The highest BCUT2D eigenvalue weighted by Gasteiger charge is 2.14. The summed E-state index contributed by atoms with van der Waals surface area (Å²) >= 11 is 0. The Morgan fingerprint density at radius 1 is 1.15 bits per heavy atom. The molecule has 2 rings (SSSR count). The number of amides is 2. The van der Waals surface area contributed by atoms with E-state index in [4.69, 9.17) is 13.9 Å². The van der Waals surface area contributed by atoms with Crippen LogP contribution in [0.1, 0.15) is 34.4 Å². The largest absolute Gasteiger partial charge is 0.493 e. The number of benzene rings is 1. The Balaban J connectivity index is 1.89. The number of ether oxygens (including phenoxy) is 2. The van der Waals surface area contributed by atoms with Crippen LogP contribution < -0.4 is 20.3 Å². The standard InChI is InChI=1S/C19H22N2O5/c1-5-6-14-7-8-16(17(10-14)24-4)25-11-18(22)20-21-19(23)15-9-12(2)26-13(15)3/h5-10H,11H2,1-4H3,(H,20,22)(H,21,23)/b6-5+. The Kier molecular flexibility index (Phi) is 6.43. The average Bonchev–Trinajstić information content (AvgIpc) is 2.97. The van der Waals surface area contributed by atoms with Crippen LogP contribution in [0.4, 0.5) is 0 Å². The molecule has 0 aliphatic heterocycles. The highest BCUT2D eigenvalue weighted by molar-refractivity contribution is 5.96. The number of hydrogen-bond acceptors (Lipinski definition) is 5. The third-order valence-electron chi connectivity index (χ3n) is 3.51. The van der Waals surface area contributed by atoms with Crippen LogP contribution in [0.5, 0.6) is 11.5 Å². The fourth-order valence-corrected chi connectivity index (χ4v) is 2.33. The summed E-state index contributed by atoms with van der Waals surface area (Å²) < 4.78 is 16.0. The number of hydrazine groups is 1. The molecule has 0 saturated heterocycles. The molecule has 7 nitrogen and oxygen atoms in total. The topological polar surface area (TPSA) is 89.8 Å². The van der Waals surface area contributed by atoms with Crippen molar-refractivity contribution in [3.8, 4) is 11.5 Å². The highest BCUT2D eigenvalue weighted by Crippen LogP contribution is 2.28. The number of carbonyl (C=O) groups is 2. The Hall–Kier alpha value is -3.22. The van der Waals surface area contributed by atoms with Crippen LogP contribution >= 0.6 is 0 Å². The molecule has 0 saturated carbocycles. The lowest BCUT2D eigenvalue weighted by Gasteiger charge is -2.12. The molecule has 2 aromatic rings. The maximum absolute atomic E-state index is 12.0. The van der Waals surface area contributed by atoms with E-state index in [0.29, 0.717) is 28.6 Å². The van der Waals surface area contributed by atoms with Crippen LogP contribution in [-0.2, 0) is 4.79 Å². The normalized spacial score (nSPS) is 10.6. The van der Waals surface area contributed by atoms with Gasteiger partial charge in [0.25, 0.3) is 11.8 Å². The molecule has 0 atom stereocenters. The van der Waals surface area contributed by atoms with Crippen molar-refractivity contribution in [1.82, 2.24) is 10.9 Å². The fraction of sp³-hybridized carbons (Fsp3) is 0.263. The molecule has 2 amide bonds. The van der Waals surface area contributed by atoms with E-state index in [2.05, 4.69) is 10.9 Å². The molecule has 0 aliphatic carbocycles. The summed E-state index contributed by atoms with van der Waals surface area (Å²) in [5.41, 5.74) is 5.95. The lowest BCUT2D eigenvalue weighted by molar-refractivity contribution is -0.123. The number of methoxy groups -OCH3 is 1. The number of allylic oxidation sites excluding steroid dienone is 1. The number of rotatable bonds is 6. The van der Waals surface area contributed by atoms with Gasteiger partial charge in [-0.05, 0) is 44.5 Å². The first-order valence-corrected chi connectivity index (χ1v) is 8.04. The SMILES string of the molecule is C/C=C/c1ccc(OCC(=O)NNC(=O)c2cc(C)oc2C)c(OC)c1. The van der Waals surface area contributed by atoms with Crippen molar-refractivity contribution in [3.05, 3.63) is 53.0 Å². The van der Waals surface area contributed by atoms with Gasteiger partial charge in [0.2, 0.25) is 0 Å². The minimum atomic E-state index is -0.504. The summed E-state index contributed by atoms with van der Waals surface area (Å²) in [5.74, 6) is 1.09. The van der Waals surface area contributed by atoms with Crippen molar-refractivity contribution in [2.24, 2.45) is 0 Å². The molecule has 0 unspecified atom stereocenters. The molecule has 26 heavy (non-hydrogen) atoms. The van der Waals surface area contributed by atoms with E-state index in [1.54, 1.807) is 32.0 Å². The Labute approximate surface area is 151 Å². The number of aryl methyl sites for hydroxylation is 2. The zero-order chi connectivity index (χ0) is 19.1. The molecule has 0 fully saturated rings. The first-order chi connectivity index (χ1) is 12.4. The van der Waals surface area contributed by atoms with Crippen LogP contribution in [0.25, 0.3) is 6.08 Å². The average molecular weight is 358 g/mol. The van der Waals surface area contributed by atoms with Crippen LogP contribution in [0, 0.1) is 13.8 Å². The smallest absolute Gasteiger partial charge is 0.276 e. The first-order valence-electron chi connectivity index (χ1n) is 8.04. The van der Waals surface area contributed by atoms with Gasteiger partial charge in [0.1, 0.15) is 11.5 Å². The zero-order valence-corrected chi connectivity index (χ0v) is 15.2. The van der Waals surface area contributed by atoms with Crippen molar-refractivity contribution in [2.75, 3.05) is 13.7 Å². The van der Waals surface area contributed by atoms with Crippen LogP contribution in [-0.4, -0.2) is 25.5 Å². The summed E-state index contributed by atoms with van der Waals surface area (Å²) in [7, 11) is 1.52. The second-order valence-corrected chi connectivity index (χ2v) is 5.53. The monoisotopic (exact) mass is 358 g/mol. The molecular weight excluding hydrogens is 336 g/mol. The van der Waals surface area contributed by atoms with Gasteiger partial charge in [0.05, 0.1) is 12.7 Å². The summed E-state index contributed by atoms with van der Waals surface area (Å²) in [6.07, 6.45) is 3.84. The minimum Gasteiger partial charge on any atom is -0.493 e. The summed E-state index contributed by atoms with van der Waals surface area (Å²) in [6.45, 7) is 5.06. The quantitative estimate of drug-likeness (QED) is 0.775. The Bertz CT molecular complexity index is 823. The van der Waals surface area contributed by atoms with E-state index >= 15 is 0 Å².